The molecule has 0 aliphatic carbocycles. The zero-order valence-electron chi connectivity index (χ0n) is 11.0. The molecule has 2 aromatic rings. The summed E-state index contributed by atoms with van der Waals surface area (Å²) in [6.45, 7) is 2.05. The van der Waals surface area contributed by atoms with E-state index in [-0.39, 0.29) is 5.69 Å². The largest absolute Gasteiger partial charge is 0.464 e. The van der Waals surface area contributed by atoms with Crippen molar-refractivity contribution in [3.8, 4) is 0 Å². The lowest BCUT2D eigenvalue weighted by molar-refractivity contribution is 0.0595. The lowest BCUT2D eigenvalue weighted by Gasteiger charge is -2.06. The van der Waals surface area contributed by atoms with E-state index in [0.717, 1.165) is 12.0 Å². The van der Waals surface area contributed by atoms with Gasteiger partial charge in [-0.15, -0.1) is 0 Å². The Morgan fingerprint density at radius 1 is 1.26 bits per heavy atom. The van der Waals surface area contributed by atoms with Gasteiger partial charge in [-0.05, 0) is 30.5 Å². The van der Waals surface area contributed by atoms with Gasteiger partial charge in [-0.3, -0.25) is 0 Å². The molecule has 4 nitrogen and oxygen atoms in total. The minimum absolute atomic E-state index is 0.162. The van der Waals surface area contributed by atoms with Crippen LogP contribution in [0, 0.1) is 6.92 Å². The molecule has 1 aromatic carbocycles. The molecule has 2 N–H and O–H groups in total. The van der Waals surface area contributed by atoms with Crippen LogP contribution in [-0.2, 0) is 11.2 Å². The number of aromatic nitrogens is 1. The molecule has 0 saturated heterocycles. The number of anilines is 1. The van der Waals surface area contributed by atoms with Gasteiger partial charge in [0.2, 0.25) is 0 Å². The number of pyridine rings is 1. The van der Waals surface area contributed by atoms with Gasteiger partial charge in [0.15, 0.2) is 5.69 Å². The Balaban J connectivity index is 2.20. The van der Waals surface area contributed by atoms with Crippen molar-refractivity contribution in [2.45, 2.75) is 13.3 Å². The number of aryl methyl sites for hydroxylation is 1. The molecule has 0 spiro atoms. The third kappa shape index (κ3) is 3.10. The zero-order chi connectivity index (χ0) is 13.8. The maximum Gasteiger partial charge on any atom is 0.358 e. The van der Waals surface area contributed by atoms with E-state index in [0.29, 0.717) is 5.69 Å². The summed E-state index contributed by atoms with van der Waals surface area (Å²) in [4.78, 5) is 15.4. The van der Waals surface area contributed by atoms with Gasteiger partial charge >= 0.3 is 5.97 Å². The fraction of sp³-hybridized carbons (Fsp3) is 0.200. The molecule has 0 saturated carbocycles. The van der Waals surface area contributed by atoms with E-state index < -0.39 is 5.97 Å². The average Bonchev–Trinajstić information content (AvgIpc) is 2.41. The number of hydrogen-bond donors (Lipinski definition) is 1. The van der Waals surface area contributed by atoms with Crippen LogP contribution in [0.4, 0.5) is 5.69 Å². The topological polar surface area (TPSA) is 65.2 Å². The molecule has 0 aliphatic rings. The van der Waals surface area contributed by atoms with E-state index in [1.54, 1.807) is 12.3 Å². The van der Waals surface area contributed by atoms with E-state index in [4.69, 9.17) is 5.73 Å². The third-order valence-electron chi connectivity index (χ3n) is 2.88. The van der Waals surface area contributed by atoms with Crippen molar-refractivity contribution in [2.24, 2.45) is 0 Å². The van der Waals surface area contributed by atoms with Crippen molar-refractivity contribution < 1.29 is 9.53 Å². The van der Waals surface area contributed by atoms with Crippen molar-refractivity contribution in [3.63, 3.8) is 0 Å². The zero-order valence-corrected chi connectivity index (χ0v) is 11.0. The number of benzene rings is 1. The Labute approximate surface area is 112 Å². The van der Waals surface area contributed by atoms with Gasteiger partial charge in [0.25, 0.3) is 0 Å². The Kier molecular flexibility index (Phi) is 3.80. The summed E-state index contributed by atoms with van der Waals surface area (Å²) >= 11 is 0. The number of ether oxygens (including phenoxy) is 1. The Morgan fingerprint density at radius 2 is 1.95 bits per heavy atom. The normalized spacial score (nSPS) is 10.2. The number of rotatable bonds is 3. The first kappa shape index (κ1) is 13.1. The summed E-state index contributed by atoms with van der Waals surface area (Å²) in [5, 5.41) is 0. The molecule has 0 bridgehead atoms. The van der Waals surface area contributed by atoms with E-state index in [9.17, 15) is 4.79 Å². The molecule has 19 heavy (non-hydrogen) atoms. The molecule has 0 atom stereocenters. The van der Waals surface area contributed by atoms with Crippen LogP contribution in [0.5, 0.6) is 0 Å². The van der Waals surface area contributed by atoms with Gasteiger partial charge < -0.3 is 10.5 Å². The average molecular weight is 256 g/mol. The molecule has 0 radical (unpaired) electrons. The summed E-state index contributed by atoms with van der Waals surface area (Å²) in [5.41, 5.74) is 9.69. The first-order chi connectivity index (χ1) is 9.10. The monoisotopic (exact) mass is 256 g/mol. The van der Waals surface area contributed by atoms with Crippen LogP contribution in [0.1, 0.15) is 27.2 Å². The molecule has 0 unspecified atom stereocenters. The molecule has 98 valence electrons. The molecular weight excluding hydrogens is 240 g/mol. The van der Waals surface area contributed by atoms with Crippen LogP contribution in [0.3, 0.4) is 0 Å². The van der Waals surface area contributed by atoms with Crippen LogP contribution < -0.4 is 5.73 Å². The molecule has 4 heteroatoms. The first-order valence-electron chi connectivity index (χ1n) is 5.98. The number of nitrogens with zero attached hydrogens (tertiary/aromatic N) is 1. The van der Waals surface area contributed by atoms with Crippen LogP contribution in [0.15, 0.2) is 36.5 Å². The number of nitrogen functional groups attached to an aromatic ring is 1. The van der Waals surface area contributed by atoms with Crippen LogP contribution >= 0.6 is 0 Å². The Morgan fingerprint density at radius 3 is 2.53 bits per heavy atom. The number of carbonyl (C=O) groups excluding carboxylic acids is 1. The quantitative estimate of drug-likeness (QED) is 0.856. The third-order valence-corrected chi connectivity index (χ3v) is 2.88. The Bertz CT molecular complexity index is 592. The van der Waals surface area contributed by atoms with Gasteiger partial charge in [-0.1, -0.05) is 29.8 Å². The predicted octanol–water partition coefficient (Wildman–Crippen LogP) is 2.35. The van der Waals surface area contributed by atoms with E-state index in [1.165, 1.54) is 18.2 Å². The Hall–Kier alpha value is -2.36. The lowest BCUT2D eigenvalue weighted by atomic mass is 10.0. The second-order valence-electron chi connectivity index (χ2n) is 4.44. The predicted molar refractivity (Wildman–Crippen MR) is 74.0 cm³/mol. The highest BCUT2D eigenvalue weighted by molar-refractivity contribution is 5.92. The SMILES string of the molecule is COC(=O)c1ncc(Cc2ccc(C)cc2)cc1N. The first-order valence-corrected chi connectivity index (χ1v) is 5.98. The number of esters is 1. The fourth-order valence-electron chi connectivity index (χ4n) is 1.83. The van der Waals surface area contributed by atoms with Gasteiger partial charge in [0.1, 0.15) is 0 Å². The highest BCUT2D eigenvalue weighted by Crippen LogP contribution is 2.15. The molecule has 2 rings (SSSR count). The molecule has 0 fully saturated rings. The smallest absolute Gasteiger partial charge is 0.358 e. The minimum Gasteiger partial charge on any atom is -0.464 e. The van der Waals surface area contributed by atoms with Crippen molar-refractivity contribution in [1.82, 2.24) is 4.98 Å². The molecule has 1 heterocycles. The lowest BCUT2D eigenvalue weighted by Crippen LogP contribution is -2.09. The number of carbonyl (C=O) groups is 1. The molecular formula is C15H16N2O2. The van der Waals surface area contributed by atoms with Crippen molar-refractivity contribution >= 4 is 11.7 Å². The maximum atomic E-state index is 11.4. The van der Waals surface area contributed by atoms with Crippen molar-refractivity contribution in [3.05, 3.63) is 58.9 Å². The van der Waals surface area contributed by atoms with Gasteiger partial charge in [-0.25, -0.2) is 9.78 Å². The molecule has 0 aliphatic heterocycles. The van der Waals surface area contributed by atoms with Crippen LogP contribution in [0.2, 0.25) is 0 Å². The van der Waals surface area contributed by atoms with Gasteiger partial charge in [-0.2, -0.15) is 0 Å². The summed E-state index contributed by atoms with van der Waals surface area (Å²) < 4.78 is 4.61. The number of hydrogen-bond acceptors (Lipinski definition) is 4. The summed E-state index contributed by atoms with van der Waals surface area (Å²) in [7, 11) is 1.31. The van der Waals surface area contributed by atoms with Crippen LogP contribution in [0.25, 0.3) is 0 Å². The second-order valence-corrected chi connectivity index (χ2v) is 4.44. The minimum atomic E-state index is -0.514. The van der Waals surface area contributed by atoms with Gasteiger partial charge in [0.05, 0.1) is 12.8 Å². The molecule has 1 aromatic heterocycles. The second kappa shape index (κ2) is 5.52. The molecule has 0 amide bonds. The maximum absolute atomic E-state index is 11.4. The van der Waals surface area contributed by atoms with E-state index >= 15 is 0 Å². The standard InChI is InChI=1S/C15H16N2O2/c1-10-3-5-11(6-4-10)7-12-8-13(16)14(17-9-12)15(18)19-2/h3-6,8-9H,7,16H2,1-2H3. The highest BCUT2D eigenvalue weighted by Gasteiger charge is 2.12. The fourth-order valence-corrected chi connectivity index (χ4v) is 1.83. The number of nitrogens with two attached hydrogens (primary N) is 1. The highest BCUT2D eigenvalue weighted by atomic mass is 16.5. The van der Waals surface area contributed by atoms with E-state index in [2.05, 4.69) is 40.9 Å². The van der Waals surface area contributed by atoms with Crippen LogP contribution in [-0.4, -0.2) is 18.1 Å². The summed E-state index contributed by atoms with van der Waals surface area (Å²) in [6.07, 6.45) is 2.39. The summed E-state index contributed by atoms with van der Waals surface area (Å²) in [6, 6.07) is 10.0. The van der Waals surface area contributed by atoms with Crippen molar-refractivity contribution in [1.29, 1.82) is 0 Å². The van der Waals surface area contributed by atoms with Crippen molar-refractivity contribution in [2.75, 3.05) is 12.8 Å². The van der Waals surface area contributed by atoms with E-state index in [1.807, 2.05) is 0 Å². The van der Waals surface area contributed by atoms with Gasteiger partial charge in [0, 0.05) is 6.20 Å². The number of methoxy groups -OCH3 is 1. The summed E-state index contributed by atoms with van der Waals surface area (Å²) in [5.74, 6) is -0.514.